The number of nitrogens with zero attached hydrogens (tertiary/aromatic N) is 2. The highest BCUT2D eigenvalue weighted by atomic mass is 35.5. The fourth-order valence-electron chi connectivity index (χ4n) is 1.51. The van der Waals surface area contributed by atoms with Crippen molar-refractivity contribution >= 4 is 17.4 Å². The molecule has 0 spiro atoms. The van der Waals surface area contributed by atoms with E-state index in [1.807, 2.05) is 19.1 Å². The van der Waals surface area contributed by atoms with E-state index in [4.69, 9.17) is 20.8 Å². The summed E-state index contributed by atoms with van der Waals surface area (Å²) in [4.78, 5) is 8.32. The maximum Gasteiger partial charge on any atom is 0.158 e. The first-order valence-electron chi connectivity index (χ1n) is 5.49. The number of aromatic nitrogens is 2. The highest BCUT2D eigenvalue weighted by Gasteiger charge is 2.04. The number of nitrogens with one attached hydrogen (secondary N) is 1. The van der Waals surface area contributed by atoms with Crippen LogP contribution >= 0.6 is 11.6 Å². The summed E-state index contributed by atoms with van der Waals surface area (Å²) >= 11 is 5.90. The zero-order valence-corrected chi connectivity index (χ0v) is 11.0. The van der Waals surface area contributed by atoms with Crippen molar-refractivity contribution in [2.24, 2.45) is 0 Å². The molecule has 0 saturated heterocycles. The molecule has 5 nitrogen and oxygen atoms in total. The Morgan fingerprint density at radius 1 is 1.39 bits per heavy atom. The molecule has 2 rings (SSSR count). The Labute approximate surface area is 110 Å². The summed E-state index contributed by atoms with van der Waals surface area (Å²) in [5.41, 5.74) is 0. The van der Waals surface area contributed by atoms with Gasteiger partial charge in [0, 0.05) is 13.2 Å². The van der Waals surface area contributed by atoms with Gasteiger partial charge in [0.05, 0.1) is 6.54 Å². The van der Waals surface area contributed by atoms with Crippen LogP contribution in [0.4, 0.5) is 5.82 Å². The summed E-state index contributed by atoms with van der Waals surface area (Å²) in [7, 11) is 1.59. The predicted octanol–water partition coefficient (Wildman–Crippen LogP) is 2.79. The number of halogens is 1. The lowest BCUT2D eigenvalue weighted by molar-refractivity contribution is 0.178. The average molecular weight is 268 g/mol. The van der Waals surface area contributed by atoms with Gasteiger partial charge in [0.25, 0.3) is 0 Å². The molecule has 2 aromatic rings. The molecule has 0 atom stereocenters. The molecule has 0 aliphatic rings. The van der Waals surface area contributed by atoms with Crippen molar-refractivity contribution in [3.05, 3.63) is 40.7 Å². The fraction of sp³-hybridized carbons (Fsp3) is 0.333. The van der Waals surface area contributed by atoms with Crippen molar-refractivity contribution in [2.75, 3.05) is 12.4 Å². The second-order valence-corrected chi connectivity index (χ2v) is 4.18. The van der Waals surface area contributed by atoms with Gasteiger partial charge >= 0.3 is 0 Å². The summed E-state index contributed by atoms with van der Waals surface area (Å²) in [6.45, 7) is 2.78. The third-order valence-corrected chi connectivity index (χ3v) is 2.45. The van der Waals surface area contributed by atoms with Crippen molar-refractivity contribution in [1.82, 2.24) is 9.97 Å². The second kappa shape index (κ2) is 5.84. The van der Waals surface area contributed by atoms with Gasteiger partial charge in [0.15, 0.2) is 5.82 Å². The third kappa shape index (κ3) is 3.45. The van der Waals surface area contributed by atoms with E-state index in [9.17, 15) is 0 Å². The standard InChI is InChI=1S/C12H14ClN3O2/c1-8-3-4-9(18-8)6-14-11-5-10(13)15-12(16-11)7-17-2/h3-5H,6-7H2,1-2H3,(H,14,15,16). The summed E-state index contributed by atoms with van der Waals surface area (Å²) in [5, 5.41) is 3.51. The van der Waals surface area contributed by atoms with Crippen molar-refractivity contribution in [2.45, 2.75) is 20.1 Å². The topological polar surface area (TPSA) is 60.2 Å². The van der Waals surface area contributed by atoms with Gasteiger partial charge in [-0.25, -0.2) is 9.97 Å². The quantitative estimate of drug-likeness (QED) is 0.844. The van der Waals surface area contributed by atoms with E-state index in [-0.39, 0.29) is 0 Å². The number of hydrogen-bond acceptors (Lipinski definition) is 5. The minimum Gasteiger partial charge on any atom is -0.465 e. The lowest BCUT2D eigenvalue weighted by Gasteiger charge is -2.06. The highest BCUT2D eigenvalue weighted by Crippen LogP contribution is 2.14. The summed E-state index contributed by atoms with van der Waals surface area (Å²) in [6, 6.07) is 5.50. The largest absolute Gasteiger partial charge is 0.465 e. The van der Waals surface area contributed by atoms with E-state index < -0.39 is 0 Å². The minimum absolute atomic E-state index is 0.328. The molecule has 0 unspecified atom stereocenters. The van der Waals surface area contributed by atoms with Gasteiger partial charge in [0.2, 0.25) is 0 Å². The molecule has 0 radical (unpaired) electrons. The van der Waals surface area contributed by atoms with Crippen LogP contribution in [0.15, 0.2) is 22.6 Å². The van der Waals surface area contributed by atoms with Gasteiger partial charge in [-0.05, 0) is 19.1 Å². The monoisotopic (exact) mass is 267 g/mol. The zero-order valence-electron chi connectivity index (χ0n) is 10.2. The Morgan fingerprint density at radius 2 is 2.22 bits per heavy atom. The molecule has 1 N–H and O–H groups in total. The van der Waals surface area contributed by atoms with Crippen molar-refractivity contribution in [3.8, 4) is 0 Å². The molecule has 96 valence electrons. The number of aryl methyl sites for hydroxylation is 1. The van der Waals surface area contributed by atoms with E-state index >= 15 is 0 Å². The molecular formula is C12H14ClN3O2. The van der Waals surface area contributed by atoms with Gasteiger partial charge in [0.1, 0.15) is 29.1 Å². The van der Waals surface area contributed by atoms with Crippen LogP contribution < -0.4 is 5.32 Å². The van der Waals surface area contributed by atoms with E-state index in [0.29, 0.717) is 29.9 Å². The maximum atomic E-state index is 5.90. The van der Waals surface area contributed by atoms with E-state index in [0.717, 1.165) is 11.5 Å². The van der Waals surface area contributed by atoms with Crippen LogP contribution in [0.2, 0.25) is 5.15 Å². The Bertz CT molecular complexity index is 528. The molecule has 0 bridgehead atoms. The first-order valence-corrected chi connectivity index (χ1v) is 5.87. The molecule has 0 aromatic carbocycles. The number of furan rings is 1. The van der Waals surface area contributed by atoms with Gasteiger partial charge in [-0.3, -0.25) is 0 Å². The minimum atomic E-state index is 0.328. The van der Waals surface area contributed by atoms with Crippen LogP contribution in [-0.4, -0.2) is 17.1 Å². The smallest absolute Gasteiger partial charge is 0.158 e. The van der Waals surface area contributed by atoms with Crippen LogP contribution in [0.1, 0.15) is 17.3 Å². The van der Waals surface area contributed by atoms with Crippen molar-refractivity contribution in [3.63, 3.8) is 0 Å². The van der Waals surface area contributed by atoms with E-state index in [2.05, 4.69) is 15.3 Å². The summed E-state index contributed by atoms with van der Waals surface area (Å²) in [5.74, 6) is 2.92. The summed E-state index contributed by atoms with van der Waals surface area (Å²) in [6.07, 6.45) is 0. The maximum absolute atomic E-state index is 5.90. The van der Waals surface area contributed by atoms with Crippen LogP contribution in [0.5, 0.6) is 0 Å². The van der Waals surface area contributed by atoms with Gasteiger partial charge in [-0.2, -0.15) is 0 Å². The summed E-state index contributed by atoms with van der Waals surface area (Å²) < 4.78 is 10.4. The molecule has 0 amide bonds. The lowest BCUT2D eigenvalue weighted by Crippen LogP contribution is -2.04. The average Bonchev–Trinajstić information content (AvgIpc) is 2.72. The zero-order chi connectivity index (χ0) is 13.0. The third-order valence-electron chi connectivity index (χ3n) is 2.25. The normalized spacial score (nSPS) is 10.6. The SMILES string of the molecule is COCc1nc(Cl)cc(NCc2ccc(C)o2)n1. The number of hydrogen-bond donors (Lipinski definition) is 1. The molecule has 0 aliphatic carbocycles. The first-order chi connectivity index (χ1) is 8.67. The Balaban J connectivity index is 2.04. The molecule has 18 heavy (non-hydrogen) atoms. The number of anilines is 1. The van der Waals surface area contributed by atoms with Crippen molar-refractivity contribution in [1.29, 1.82) is 0 Å². The number of ether oxygens (including phenoxy) is 1. The molecule has 2 heterocycles. The number of rotatable bonds is 5. The molecular weight excluding hydrogens is 254 g/mol. The number of methoxy groups -OCH3 is 1. The van der Waals surface area contributed by atoms with E-state index in [1.54, 1.807) is 13.2 Å². The van der Waals surface area contributed by atoms with E-state index in [1.165, 1.54) is 0 Å². The van der Waals surface area contributed by atoms with Crippen molar-refractivity contribution < 1.29 is 9.15 Å². The highest BCUT2D eigenvalue weighted by molar-refractivity contribution is 6.29. The lowest BCUT2D eigenvalue weighted by atomic mass is 10.4. The van der Waals surface area contributed by atoms with Crippen LogP contribution in [0, 0.1) is 6.92 Å². The first kappa shape index (κ1) is 12.9. The Kier molecular flexibility index (Phi) is 4.17. The van der Waals surface area contributed by atoms with Crippen LogP contribution in [-0.2, 0) is 17.9 Å². The fourth-order valence-corrected chi connectivity index (χ4v) is 1.71. The molecule has 0 saturated carbocycles. The molecule has 0 fully saturated rings. The predicted molar refractivity (Wildman–Crippen MR) is 68.5 cm³/mol. The van der Waals surface area contributed by atoms with Crippen LogP contribution in [0.3, 0.4) is 0 Å². The van der Waals surface area contributed by atoms with Gasteiger partial charge in [-0.15, -0.1) is 0 Å². The molecule has 2 aromatic heterocycles. The van der Waals surface area contributed by atoms with Gasteiger partial charge < -0.3 is 14.5 Å². The Morgan fingerprint density at radius 3 is 2.89 bits per heavy atom. The molecule has 0 aliphatic heterocycles. The van der Waals surface area contributed by atoms with Gasteiger partial charge in [-0.1, -0.05) is 11.6 Å². The molecule has 6 heteroatoms. The second-order valence-electron chi connectivity index (χ2n) is 3.79. The Hall–Kier alpha value is -1.59. The van der Waals surface area contributed by atoms with Crippen LogP contribution in [0.25, 0.3) is 0 Å².